The van der Waals surface area contributed by atoms with E-state index in [1.54, 1.807) is 0 Å². The Labute approximate surface area is 182 Å². The van der Waals surface area contributed by atoms with Crippen LogP contribution in [0.3, 0.4) is 0 Å². The first-order chi connectivity index (χ1) is 14.9. The fraction of sp³-hybridized carbons (Fsp3) is 0.545. The molecule has 2 bridgehead atoms. The number of rotatable bonds is 2. The number of piperidine rings is 1. The Balaban J connectivity index is 1.77. The van der Waals surface area contributed by atoms with E-state index in [1.807, 2.05) is 24.3 Å². The molecule has 8 nitrogen and oxygen atoms in total. The Kier molecular flexibility index (Phi) is 6.34. The molecule has 1 saturated heterocycles. The zero-order valence-electron chi connectivity index (χ0n) is 17.6. The Bertz CT molecular complexity index is 995. The van der Waals surface area contributed by atoms with Gasteiger partial charge in [0.05, 0.1) is 24.7 Å². The van der Waals surface area contributed by atoms with Crippen LogP contribution in [0.15, 0.2) is 40.6 Å². The van der Waals surface area contributed by atoms with Crippen molar-refractivity contribution >= 4 is 21.6 Å². The normalized spacial score (nSPS) is 29.9. The third kappa shape index (κ3) is 4.93. The zero-order valence-corrected chi connectivity index (χ0v) is 18.4. The predicted octanol–water partition coefficient (Wildman–Crippen LogP) is 2.35. The molecule has 1 aliphatic carbocycles. The van der Waals surface area contributed by atoms with Crippen LogP contribution in [-0.4, -0.2) is 61.7 Å². The van der Waals surface area contributed by atoms with Crippen LogP contribution in [-0.2, 0) is 19.6 Å². The summed E-state index contributed by atoms with van der Waals surface area (Å²) in [7, 11) is -3.65. The highest BCUT2D eigenvalue weighted by Gasteiger charge is 2.35. The highest BCUT2D eigenvalue weighted by Crippen LogP contribution is 2.39. The summed E-state index contributed by atoms with van der Waals surface area (Å²) < 4.78 is 39.6. The third-order valence-corrected chi connectivity index (χ3v) is 6.59. The second-order valence-electron chi connectivity index (χ2n) is 8.30. The molecule has 0 spiro atoms. The van der Waals surface area contributed by atoms with Crippen LogP contribution in [0.4, 0.5) is 0 Å². The number of ether oxygens (including phenoxy) is 2. The third-order valence-electron chi connectivity index (χ3n) is 6.04. The molecule has 3 heterocycles. The first-order valence-corrected chi connectivity index (χ1v) is 12.5. The minimum atomic E-state index is -3.65. The van der Waals surface area contributed by atoms with Crippen molar-refractivity contribution in [2.45, 2.75) is 56.7 Å². The number of carbonyl (C=O) groups excluding carboxylic acids is 1. The minimum absolute atomic E-state index is 0.00964. The number of allylic oxidation sites excluding steroid dienone is 1. The van der Waals surface area contributed by atoms with E-state index in [0.29, 0.717) is 42.5 Å². The average molecular weight is 449 g/mol. The lowest BCUT2D eigenvalue weighted by atomic mass is 9.82. The Morgan fingerprint density at radius 1 is 1.19 bits per heavy atom. The summed E-state index contributed by atoms with van der Waals surface area (Å²) >= 11 is 0. The molecule has 1 saturated carbocycles. The number of hydrogen-bond donors (Lipinski definition) is 1. The second kappa shape index (κ2) is 9.00. The van der Waals surface area contributed by atoms with Crippen molar-refractivity contribution in [3.05, 3.63) is 41.8 Å². The first-order valence-electron chi connectivity index (χ1n) is 10.7. The van der Waals surface area contributed by atoms with Gasteiger partial charge in [-0.15, -0.1) is 0 Å². The number of fused-ring (bicyclic) bond motifs is 5. The molecule has 0 unspecified atom stereocenters. The lowest BCUT2D eigenvalue weighted by Crippen LogP contribution is -2.47. The van der Waals surface area contributed by atoms with Crippen molar-refractivity contribution in [3.8, 4) is 5.75 Å². The maximum Gasteiger partial charge on any atom is 0.270 e. The summed E-state index contributed by atoms with van der Waals surface area (Å²) in [6.45, 7) is -0.130. The van der Waals surface area contributed by atoms with Crippen molar-refractivity contribution < 1.29 is 27.8 Å². The molecule has 0 radical (unpaired) electrons. The number of para-hydroxylation sites is 1. The van der Waals surface area contributed by atoms with Gasteiger partial charge in [0.25, 0.3) is 15.9 Å². The molecule has 168 valence electrons. The topological polar surface area (TPSA) is 106 Å². The maximum atomic E-state index is 13.4. The van der Waals surface area contributed by atoms with Crippen LogP contribution >= 0.6 is 0 Å². The van der Waals surface area contributed by atoms with E-state index in [1.165, 1.54) is 11.2 Å². The second-order valence-corrected chi connectivity index (χ2v) is 9.95. The number of sulfonamides is 1. The van der Waals surface area contributed by atoms with Gasteiger partial charge >= 0.3 is 0 Å². The molecule has 2 fully saturated rings. The van der Waals surface area contributed by atoms with Crippen LogP contribution in [0.1, 0.15) is 50.0 Å². The number of hydrogen-bond acceptors (Lipinski definition) is 6. The number of nitrogens with zero attached hydrogens (tertiary/aromatic N) is 2. The largest absolute Gasteiger partial charge is 0.496 e. The maximum absolute atomic E-state index is 13.4. The molecular weight excluding hydrogens is 420 g/mol. The van der Waals surface area contributed by atoms with E-state index >= 15 is 0 Å². The summed E-state index contributed by atoms with van der Waals surface area (Å²) in [5.74, 6) is 0.453. The molecule has 5 rings (SSSR count). The molecule has 9 heteroatoms. The number of benzene rings is 1. The van der Waals surface area contributed by atoms with Crippen molar-refractivity contribution in [3.63, 3.8) is 0 Å². The van der Waals surface area contributed by atoms with Crippen molar-refractivity contribution in [1.82, 2.24) is 4.90 Å². The summed E-state index contributed by atoms with van der Waals surface area (Å²) in [4.78, 5) is 14.8. The van der Waals surface area contributed by atoms with Crippen LogP contribution < -0.4 is 4.74 Å². The molecule has 1 atom stereocenters. The fourth-order valence-corrected chi connectivity index (χ4v) is 5.14. The van der Waals surface area contributed by atoms with E-state index in [0.717, 1.165) is 37.5 Å². The molecule has 1 aromatic rings. The standard InChI is InChI=1S/C22H28N2O6S/c1-31(27,28)23-18-6-4-12-24-19(18)14-29-16-10-8-15(9-11-16)17-5-2-3-7-20(17)30-21(13-25)22(24)26/h2-3,5,7,14-16,21,25H,4,6,8-13H2,1H3/b19-14-,23-18+/t15?,16?,21-/m0/s1. The van der Waals surface area contributed by atoms with Crippen molar-refractivity contribution in [1.29, 1.82) is 0 Å². The van der Waals surface area contributed by atoms with E-state index in [2.05, 4.69) is 4.40 Å². The molecule has 0 aromatic heterocycles. The van der Waals surface area contributed by atoms with Gasteiger partial charge in [0.2, 0.25) is 0 Å². The van der Waals surface area contributed by atoms with E-state index in [9.17, 15) is 18.3 Å². The van der Waals surface area contributed by atoms with E-state index < -0.39 is 28.6 Å². The van der Waals surface area contributed by atoms with Gasteiger partial charge in [-0.1, -0.05) is 18.2 Å². The Morgan fingerprint density at radius 2 is 1.94 bits per heavy atom. The van der Waals surface area contributed by atoms with Crippen molar-refractivity contribution in [2.75, 3.05) is 19.4 Å². The number of carbonyl (C=O) groups is 1. The van der Waals surface area contributed by atoms with Crippen molar-refractivity contribution in [2.24, 2.45) is 4.40 Å². The van der Waals surface area contributed by atoms with E-state index in [-0.39, 0.29) is 6.10 Å². The first kappa shape index (κ1) is 21.8. The van der Waals surface area contributed by atoms with Gasteiger partial charge in [-0.2, -0.15) is 4.40 Å². The molecule has 1 N–H and O–H groups in total. The molecule has 1 amide bonds. The zero-order chi connectivity index (χ0) is 22.0. The highest BCUT2D eigenvalue weighted by molar-refractivity contribution is 7.89. The summed E-state index contributed by atoms with van der Waals surface area (Å²) in [6.07, 6.45) is 5.89. The van der Waals surface area contributed by atoms with Crippen LogP contribution in [0.2, 0.25) is 0 Å². The fourth-order valence-electron chi connectivity index (χ4n) is 4.55. The minimum Gasteiger partial charge on any atom is -0.496 e. The quantitative estimate of drug-likeness (QED) is 0.745. The van der Waals surface area contributed by atoms with Gasteiger partial charge in [0, 0.05) is 6.54 Å². The van der Waals surface area contributed by atoms with Gasteiger partial charge < -0.3 is 19.5 Å². The van der Waals surface area contributed by atoms with Gasteiger partial charge in [-0.05, 0) is 56.1 Å². The summed E-state index contributed by atoms with van der Waals surface area (Å²) in [5.41, 5.74) is 1.67. The lowest BCUT2D eigenvalue weighted by molar-refractivity contribution is -0.138. The summed E-state index contributed by atoms with van der Waals surface area (Å²) in [6, 6.07) is 7.66. The van der Waals surface area contributed by atoms with Crippen LogP contribution in [0.5, 0.6) is 5.75 Å². The SMILES string of the molecule is CS(=O)(=O)/N=C1CCCN2C(=O)[C@H](CO)Oc3ccccc3C3CCC(CC3)O\C=C\12. The lowest BCUT2D eigenvalue weighted by Gasteiger charge is -2.33. The van der Waals surface area contributed by atoms with Crippen LogP contribution in [0, 0.1) is 0 Å². The number of aliphatic hydroxyl groups excluding tert-OH is 1. The molecule has 1 aromatic carbocycles. The summed E-state index contributed by atoms with van der Waals surface area (Å²) in [5, 5.41) is 9.97. The Morgan fingerprint density at radius 3 is 2.65 bits per heavy atom. The molecule has 4 aliphatic rings. The van der Waals surface area contributed by atoms with Gasteiger partial charge in [-0.3, -0.25) is 4.79 Å². The number of amides is 1. The van der Waals surface area contributed by atoms with E-state index in [4.69, 9.17) is 9.47 Å². The molecule has 31 heavy (non-hydrogen) atoms. The Hall–Kier alpha value is -2.39. The average Bonchev–Trinajstić information content (AvgIpc) is 2.76. The smallest absolute Gasteiger partial charge is 0.270 e. The van der Waals surface area contributed by atoms with Crippen LogP contribution in [0.25, 0.3) is 0 Å². The molecule has 3 aliphatic heterocycles. The van der Waals surface area contributed by atoms with Gasteiger partial charge in [0.1, 0.15) is 17.7 Å². The van der Waals surface area contributed by atoms with Gasteiger partial charge in [0.15, 0.2) is 6.10 Å². The number of aliphatic hydroxyl groups is 1. The predicted molar refractivity (Wildman–Crippen MR) is 115 cm³/mol. The van der Waals surface area contributed by atoms with Gasteiger partial charge in [-0.25, -0.2) is 8.42 Å². The highest BCUT2D eigenvalue weighted by atomic mass is 32.2. The monoisotopic (exact) mass is 448 g/mol. The molecular formula is C22H28N2O6S.